The number of benzene rings is 2. The fourth-order valence-corrected chi connectivity index (χ4v) is 2.92. The summed E-state index contributed by atoms with van der Waals surface area (Å²) in [4.78, 5) is 12.2. The molecule has 0 fully saturated rings. The van der Waals surface area contributed by atoms with Crippen molar-refractivity contribution in [3.05, 3.63) is 52.0 Å². The number of hydrogen-bond acceptors (Lipinski definition) is 5. The highest BCUT2D eigenvalue weighted by molar-refractivity contribution is 6.31. The van der Waals surface area contributed by atoms with Crippen molar-refractivity contribution in [2.24, 2.45) is 0 Å². The molecule has 0 aliphatic carbocycles. The predicted octanol–water partition coefficient (Wildman–Crippen LogP) is 4.66. The number of nitrogens with one attached hydrogen (secondary N) is 1. The van der Waals surface area contributed by atoms with Gasteiger partial charge in [0.2, 0.25) is 6.23 Å². The van der Waals surface area contributed by atoms with E-state index in [1.165, 1.54) is 20.3 Å². The number of methoxy groups -OCH3 is 2. The molecule has 1 N–H and O–H groups in total. The molecule has 0 aromatic heterocycles. The van der Waals surface area contributed by atoms with Gasteiger partial charge in [-0.05, 0) is 30.3 Å². The maximum absolute atomic E-state index is 13.0. The van der Waals surface area contributed by atoms with E-state index < -0.39 is 29.0 Å². The van der Waals surface area contributed by atoms with Gasteiger partial charge < -0.3 is 19.5 Å². The van der Waals surface area contributed by atoms with E-state index in [-0.39, 0.29) is 17.0 Å². The molecule has 0 saturated heterocycles. The van der Waals surface area contributed by atoms with Crippen LogP contribution >= 0.6 is 11.6 Å². The Balaban J connectivity index is 1.97. The van der Waals surface area contributed by atoms with Crippen LogP contribution in [0.2, 0.25) is 5.02 Å². The smallest absolute Gasteiger partial charge is 0.417 e. The van der Waals surface area contributed by atoms with Crippen LogP contribution in [0.5, 0.6) is 11.5 Å². The lowest BCUT2D eigenvalue weighted by atomic mass is 10.1. The normalized spacial score (nSPS) is 16.1. The molecule has 1 atom stereocenters. The molecule has 2 aromatic carbocycles. The van der Waals surface area contributed by atoms with Crippen LogP contribution in [-0.2, 0) is 10.9 Å². The molecule has 0 bridgehead atoms. The predicted molar refractivity (Wildman–Crippen MR) is 87.8 cm³/mol. The van der Waals surface area contributed by atoms with Crippen molar-refractivity contribution in [2.45, 2.75) is 12.4 Å². The standard InChI is InChI=1S/C17H13ClF3NO4/c1-24-12-6-4-9-13(14(12)25-2)16(23)26-15(9)22-8-3-5-11(18)10(7-8)17(19,20)21/h3-7,15,22H,1-2H3/t15-/m1/s1. The highest BCUT2D eigenvalue weighted by Gasteiger charge is 2.37. The van der Waals surface area contributed by atoms with E-state index in [1.807, 2.05) is 0 Å². The van der Waals surface area contributed by atoms with Gasteiger partial charge in [-0.3, -0.25) is 0 Å². The highest BCUT2D eigenvalue weighted by Crippen LogP contribution is 2.43. The third kappa shape index (κ3) is 3.12. The lowest BCUT2D eigenvalue weighted by molar-refractivity contribution is -0.137. The molecule has 26 heavy (non-hydrogen) atoms. The molecule has 0 saturated carbocycles. The van der Waals surface area contributed by atoms with Crippen LogP contribution in [0.3, 0.4) is 0 Å². The lowest BCUT2D eigenvalue weighted by Crippen LogP contribution is -2.12. The van der Waals surface area contributed by atoms with Crippen molar-refractivity contribution in [3.8, 4) is 11.5 Å². The highest BCUT2D eigenvalue weighted by atomic mass is 35.5. The first-order valence-corrected chi connectivity index (χ1v) is 7.73. The first-order chi connectivity index (χ1) is 12.3. The zero-order valence-corrected chi connectivity index (χ0v) is 14.4. The molecule has 1 heterocycles. The van der Waals surface area contributed by atoms with Gasteiger partial charge in [-0.25, -0.2) is 4.79 Å². The van der Waals surface area contributed by atoms with Crippen LogP contribution in [-0.4, -0.2) is 20.2 Å². The Bertz CT molecular complexity index is 870. The number of cyclic esters (lactones) is 1. The third-order valence-corrected chi connectivity index (χ3v) is 4.19. The number of halogens is 4. The van der Waals surface area contributed by atoms with Crippen molar-refractivity contribution in [3.63, 3.8) is 0 Å². The van der Waals surface area contributed by atoms with Gasteiger partial charge in [-0.15, -0.1) is 0 Å². The summed E-state index contributed by atoms with van der Waals surface area (Å²) >= 11 is 5.61. The first kappa shape index (κ1) is 18.2. The number of anilines is 1. The quantitative estimate of drug-likeness (QED) is 0.773. The van der Waals surface area contributed by atoms with Crippen LogP contribution in [0, 0.1) is 0 Å². The van der Waals surface area contributed by atoms with Crippen molar-refractivity contribution < 1.29 is 32.2 Å². The Labute approximate surface area is 151 Å². The molecule has 1 aliphatic heterocycles. The molecular weight excluding hydrogens is 375 g/mol. The number of hydrogen-bond donors (Lipinski definition) is 1. The zero-order chi connectivity index (χ0) is 19.1. The Morgan fingerprint density at radius 2 is 1.88 bits per heavy atom. The van der Waals surface area contributed by atoms with E-state index in [4.69, 9.17) is 25.8 Å². The molecule has 5 nitrogen and oxygen atoms in total. The van der Waals surface area contributed by atoms with Crippen molar-refractivity contribution in [1.29, 1.82) is 0 Å². The molecule has 3 rings (SSSR count). The van der Waals surface area contributed by atoms with Gasteiger partial charge in [0.25, 0.3) is 0 Å². The van der Waals surface area contributed by atoms with Crippen LogP contribution < -0.4 is 14.8 Å². The third-order valence-electron chi connectivity index (χ3n) is 3.86. The second kappa shape index (κ2) is 6.60. The number of ether oxygens (including phenoxy) is 3. The minimum absolute atomic E-state index is 0.0992. The van der Waals surface area contributed by atoms with Gasteiger partial charge in [0.15, 0.2) is 11.5 Å². The summed E-state index contributed by atoms with van der Waals surface area (Å²) in [7, 11) is 2.80. The van der Waals surface area contributed by atoms with Gasteiger partial charge in [0.05, 0.1) is 24.8 Å². The molecule has 9 heteroatoms. The van der Waals surface area contributed by atoms with Gasteiger partial charge in [0, 0.05) is 11.3 Å². The summed E-state index contributed by atoms with van der Waals surface area (Å²) in [6.45, 7) is 0. The van der Waals surface area contributed by atoms with Gasteiger partial charge in [-0.1, -0.05) is 11.6 Å². The fourth-order valence-electron chi connectivity index (χ4n) is 2.69. The number of fused-ring (bicyclic) bond motifs is 1. The van der Waals surface area contributed by atoms with E-state index >= 15 is 0 Å². The topological polar surface area (TPSA) is 56.8 Å². The first-order valence-electron chi connectivity index (χ1n) is 7.35. The van der Waals surface area contributed by atoms with E-state index in [9.17, 15) is 18.0 Å². The molecule has 0 spiro atoms. The van der Waals surface area contributed by atoms with Crippen LogP contribution in [0.25, 0.3) is 0 Å². The van der Waals surface area contributed by atoms with Crippen molar-refractivity contribution >= 4 is 23.3 Å². The van der Waals surface area contributed by atoms with Crippen molar-refractivity contribution in [2.75, 3.05) is 19.5 Å². The van der Waals surface area contributed by atoms with Gasteiger partial charge in [-0.2, -0.15) is 13.2 Å². The molecule has 0 unspecified atom stereocenters. The van der Waals surface area contributed by atoms with E-state index in [1.54, 1.807) is 12.1 Å². The Morgan fingerprint density at radius 3 is 2.50 bits per heavy atom. The second-order valence-corrected chi connectivity index (χ2v) is 5.79. The number of carbonyl (C=O) groups excluding carboxylic acids is 1. The molecule has 0 radical (unpaired) electrons. The van der Waals surface area contributed by atoms with E-state index in [0.717, 1.165) is 12.1 Å². The largest absolute Gasteiger partial charge is 0.493 e. The summed E-state index contributed by atoms with van der Waals surface area (Å²) in [6, 6.07) is 6.51. The zero-order valence-electron chi connectivity index (χ0n) is 13.6. The average molecular weight is 388 g/mol. The van der Waals surface area contributed by atoms with Crippen LogP contribution in [0.15, 0.2) is 30.3 Å². The summed E-state index contributed by atoms with van der Waals surface area (Å²) in [6.07, 6.45) is -5.57. The maximum Gasteiger partial charge on any atom is 0.417 e. The molecule has 1 aliphatic rings. The molecule has 0 amide bonds. The lowest BCUT2D eigenvalue weighted by Gasteiger charge is -2.17. The van der Waals surface area contributed by atoms with Crippen molar-refractivity contribution in [1.82, 2.24) is 0 Å². The number of alkyl halides is 3. The second-order valence-electron chi connectivity index (χ2n) is 5.39. The minimum atomic E-state index is -4.60. The van der Waals surface area contributed by atoms with Gasteiger partial charge in [0.1, 0.15) is 5.56 Å². The summed E-state index contributed by atoms with van der Waals surface area (Å²) in [5.41, 5.74) is -0.297. The fraction of sp³-hybridized carbons (Fsp3) is 0.235. The van der Waals surface area contributed by atoms with Gasteiger partial charge >= 0.3 is 12.1 Å². The summed E-state index contributed by atoms with van der Waals surface area (Å²) in [5.74, 6) is -0.126. The molecular formula is C17H13ClF3NO4. The SMILES string of the molecule is COc1ccc2c(c1OC)C(=O)O[C@H]2Nc1ccc(Cl)c(C(F)(F)F)c1. The monoisotopic (exact) mass is 387 g/mol. The minimum Gasteiger partial charge on any atom is -0.493 e. The van der Waals surface area contributed by atoms with E-state index in [0.29, 0.717) is 11.3 Å². The molecule has 2 aromatic rings. The Hall–Kier alpha value is -2.61. The van der Waals surface area contributed by atoms with E-state index in [2.05, 4.69) is 5.32 Å². The number of rotatable bonds is 4. The average Bonchev–Trinajstić information content (AvgIpc) is 2.90. The number of esters is 1. The van der Waals surface area contributed by atoms with Crippen LogP contribution in [0.1, 0.15) is 27.7 Å². The maximum atomic E-state index is 13.0. The summed E-state index contributed by atoms with van der Waals surface area (Å²) < 4.78 is 54.6. The Morgan fingerprint density at radius 1 is 1.15 bits per heavy atom. The Kier molecular flexibility index (Phi) is 4.62. The molecule has 138 valence electrons. The number of carbonyl (C=O) groups is 1. The summed E-state index contributed by atoms with van der Waals surface area (Å²) in [5, 5.41) is 2.34. The van der Waals surface area contributed by atoms with Crippen LogP contribution in [0.4, 0.5) is 18.9 Å².